The number of benzene rings is 3. The topological polar surface area (TPSA) is 143 Å². The van der Waals surface area contributed by atoms with Crippen LogP contribution in [0.1, 0.15) is 37.3 Å². The van der Waals surface area contributed by atoms with Crippen molar-refractivity contribution in [2.75, 3.05) is 6.61 Å². The first-order chi connectivity index (χ1) is 21.5. The van der Waals surface area contributed by atoms with Gasteiger partial charge in [-0.15, -0.1) is 0 Å². The summed E-state index contributed by atoms with van der Waals surface area (Å²) >= 11 is 0. The van der Waals surface area contributed by atoms with Gasteiger partial charge in [0.2, 0.25) is 0 Å². The fourth-order valence-electron chi connectivity index (χ4n) is 4.76. The summed E-state index contributed by atoms with van der Waals surface area (Å²) in [6.45, 7) is -0.935. The number of rotatable bonds is 8. The van der Waals surface area contributed by atoms with Crippen LogP contribution in [0.25, 0.3) is 0 Å². The highest BCUT2D eigenvalue weighted by Crippen LogP contribution is 2.52. The molecule has 2 heterocycles. The van der Waals surface area contributed by atoms with Crippen LogP contribution in [0.4, 0.5) is 13.2 Å². The molecule has 1 aliphatic rings. The molecule has 0 saturated carbocycles. The zero-order valence-electron chi connectivity index (χ0n) is 23.0. The number of nitrogens with zero attached hydrogens (tertiary/aromatic N) is 1. The predicted octanol–water partition coefficient (Wildman–Crippen LogP) is 3.67. The smallest absolute Gasteiger partial charge is 0.436 e. The van der Waals surface area contributed by atoms with Gasteiger partial charge in [0.05, 0.1) is 16.7 Å². The Morgan fingerprint density at radius 1 is 0.778 bits per heavy atom. The molecule has 11 nitrogen and oxygen atoms in total. The fourth-order valence-corrected chi connectivity index (χ4v) is 4.76. The highest BCUT2D eigenvalue weighted by atomic mass is 19.4. The molecule has 4 aromatic rings. The molecule has 5 rings (SSSR count). The van der Waals surface area contributed by atoms with Gasteiger partial charge in [-0.1, -0.05) is 54.6 Å². The van der Waals surface area contributed by atoms with Crippen LogP contribution in [0.5, 0.6) is 0 Å². The zero-order valence-corrected chi connectivity index (χ0v) is 23.0. The molecule has 1 saturated heterocycles. The average Bonchev–Trinajstić information content (AvgIpc) is 3.34. The Morgan fingerprint density at radius 2 is 1.29 bits per heavy atom. The number of carbonyl (C=O) groups excluding carboxylic acids is 3. The van der Waals surface area contributed by atoms with E-state index in [0.717, 1.165) is 6.07 Å². The molecule has 1 aliphatic heterocycles. The molecule has 232 valence electrons. The quantitative estimate of drug-likeness (QED) is 0.229. The molecule has 1 N–H and O–H groups in total. The van der Waals surface area contributed by atoms with E-state index in [1.54, 1.807) is 12.1 Å². The molecule has 0 spiro atoms. The van der Waals surface area contributed by atoms with Gasteiger partial charge in [0.25, 0.3) is 11.2 Å². The van der Waals surface area contributed by atoms with Crippen molar-refractivity contribution >= 4 is 17.9 Å². The van der Waals surface area contributed by atoms with Crippen molar-refractivity contribution in [1.82, 2.24) is 9.55 Å². The number of hydrogen-bond acceptors (Lipinski definition) is 9. The molecule has 0 bridgehead atoms. The van der Waals surface area contributed by atoms with Gasteiger partial charge >= 0.3 is 29.8 Å². The maximum absolute atomic E-state index is 15.5. The summed E-state index contributed by atoms with van der Waals surface area (Å²) in [6, 6.07) is 21.9. The van der Waals surface area contributed by atoms with Gasteiger partial charge in [0.1, 0.15) is 12.7 Å². The van der Waals surface area contributed by atoms with Crippen molar-refractivity contribution in [3.05, 3.63) is 141 Å². The van der Waals surface area contributed by atoms with Gasteiger partial charge in [-0.25, -0.2) is 19.2 Å². The van der Waals surface area contributed by atoms with E-state index in [2.05, 4.69) is 0 Å². The van der Waals surface area contributed by atoms with Crippen LogP contribution in [0, 0.1) is 0 Å². The lowest BCUT2D eigenvalue weighted by atomic mass is 9.91. The van der Waals surface area contributed by atoms with E-state index in [4.69, 9.17) is 18.9 Å². The first-order valence-corrected chi connectivity index (χ1v) is 13.3. The maximum Gasteiger partial charge on any atom is 0.436 e. The molecule has 1 fully saturated rings. The number of ether oxygens (including phenoxy) is 4. The van der Waals surface area contributed by atoms with Crippen molar-refractivity contribution in [3.8, 4) is 0 Å². The molecular formula is C31H23F3N2O9. The van der Waals surface area contributed by atoms with E-state index in [9.17, 15) is 24.0 Å². The van der Waals surface area contributed by atoms with Gasteiger partial charge < -0.3 is 18.9 Å². The van der Waals surface area contributed by atoms with Crippen LogP contribution in [0.15, 0.2) is 113 Å². The molecule has 3 aromatic carbocycles. The fraction of sp³-hybridized carbons (Fsp3) is 0.194. The van der Waals surface area contributed by atoms with E-state index >= 15 is 13.2 Å². The Balaban J connectivity index is 1.65. The van der Waals surface area contributed by atoms with E-state index in [1.807, 2.05) is 4.98 Å². The Bertz CT molecular complexity index is 1790. The first kappa shape index (κ1) is 30.9. The van der Waals surface area contributed by atoms with Crippen molar-refractivity contribution in [2.24, 2.45) is 0 Å². The number of hydrogen-bond donors (Lipinski definition) is 1. The maximum atomic E-state index is 15.5. The van der Waals surface area contributed by atoms with Gasteiger partial charge in [-0.2, -0.15) is 13.2 Å². The number of aromatic nitrogens is 2. The van der Waals surface area contributed by atoms with E-state index in [0.29, 0.717) is 10.8 Å². The summed E-state index contributed by atoms with van der Waals surface area (Å²) in [5.74, 6) is -3.71. The van der Waals surface area contributed by atoms with Crippen molar-refractivity contribution < 1.29 is 46.5 Å². The highest BCUT2D eigenvalue weighted by molar-refractivity contribution is 5.91. The first-order valence-electron chi connectivity index (χ1n) is 13.3. The minimum Gasteiger partial charge on any atom is -0.459 e. The van der Waals surface area contributed by atoms with Crippen LogP contribution in [-0.2, 0) is 18.9 Å². The average molecular weight is 625 g/mol. The molecular weight excluding hydrogens is 601 g/mol. The number of alkyl halides is 3. The van der Waals surface area contributed by atoms with Crippen LogP contribution in [-0.4, -0.2) is 58.1 Å². The Labute approximate surface area is 251 Å². The molecule has 14 heteroatoms. The Hall–Kier alpha value is -5.50. The third kappa shape index (κ3) is 6.26. The number of carbonyl (C=O) groups is 3. The Morgan fingerprint density at radius 3 is 1.80 bits per heavy atom. The second-order valence-electron chi connectivity index (χ2n) is 9.75. The van der Waals surface area contributed by atoms with Crippen LogP contribution in [0.2, 0.25) is 0 Å². The number of halogens is 3. The number of nitrogens with one attached hydrogen (secondary N) is 1. The van der Waals surface area contributed by atoms with Crippen LogP contribution in [0.3, 0.4) is 0 Å². The molecule has 4 atom stereocenters. The number of esters is 3. The van der Waals surface area contributed by atoms with E-state index in [1.165, 1.54) is 78.9 Å². The van der Waals surface area contributed by atoms with E-state index in [-0.39, 0.29) is 16.7 Å². The van der Waals surface area contributed by atoms with Crippen LogP contribution < -0.4 is 11.2 Å². The molecule has 1 aromatic heterocycles. The van der Waals surface area contributed by atoms with Crippen LogP contribution >= 0.6 is 0 Å². The third-order valence-electron chi connectivity index (χ3n) is 6.88. The standard InChI is InChI=1S/C31H23F3N2O9/c32-31(33,34)30(45-27(40)21-14-8-3-9-15-21)24(44-26(39)20-12-6-2-7-13-20)22(18-42-25(38)19-10-4-1-5-11-19)43-28(30)36-17-16-23(37)35-29(36)41/h1-17,22,24,28H,18H2,(H,35,37,41)/t22-,24-,28+,30-/m1/s1. The predicted molar refractivity (Wildman–Crippen MR) is 148 cm³/mol. The van der Waals surface area contributed by atoms with Gasteiger partial charge in [0.15, 0.2) is 12.3 Å². The monoisotopic (exact) mass is 624 g/mol. The summed E-state index contributed by atoms with van der Waals surface area (Å²) in [6.07, 6.45) is -11.9. The van der Waals surface area contributed by atoms with Crippen molar-refractivity contribution in [3.63, 3.8) is 0 Å². The van der Waals surface area contributed by atoms with E-state index < -0.39 is 66.0 Å². The molecule has 45 heavy (non-hydrogen) atoms. The minimum absolute atomic E-state index is 0.0549. The molecule has 0 amide bonds. The second kappa shape index (κ2) is 12.6. The third-order valence-corrected chi connectivity index (χ3v) is 6.88. The second-order valence-corrected chi connectivity index (χ2v) is 9.75. The SMILES string of the molecule is O=C(OC[C@H]1O[C@H](n2ccc(=O)[nH]c2=O)[C@@](OC(=O)c2ccccc2)(C(F)(F)F)[C@@H]1OC(=O)c1ccccc1)c1ccccc1. The lowest BCUT2D eigenvalue weighted by Crippen LogP contribution is -2.62. The molecule has 0 aliphatic carbocycles. The van der Waals surface area contributed by atoms with Gasteiger partial charge in [-0.05, 0) is 36.4 Å². The minimum atomic E-state index is -5.60. The normalized spacial score (nSPS) is 21.1. The molecule has 0 radical (unpaired) electrons. The zero-order chi connectivity index (χ0) is 32.2. The van der Waals surface area contributed by atoms with Gasteiger partial charge in [-0.3, -0.25) is 14.3 Å². The summed E-state index contributed by atoms with van der Waals surface area (Å²) < 4.78 is 68.5. The van der Waals surface area contributed by atoms with Crippen molar-refractivity contribution in [1.29, 1.82) is 0 Å². The largest absolute Gasteiger partial charge is 0.459 e. The summed E-state index contributed by atoms with van der Waals surface area (Å²) in [5, 5.41) is 0. The lowest BCUT2D eigenvalue weighted by molar-refractivity contribution is -0.302. The Kier molecular flexibility index (Phi) is 8.68. The van der Waals surface area contributed by atoms with Gasteiger partial charge in [0, 0.05) is 12.3 Å². The number of H-pyrrole nitrogens is 1. The van der Waals surface area contributed by atoms with Crippen molar-refractivity contribution in [2.45, 2.75) is 30.2 Å². The summed E-state index contributed by atoms with van der Waals surface area (Å²) in [4.78, 5) is 65.7. The summed E-state index contributed by atoms with van der Waals surface area (Å²) in [5.41, 5.74) is -6.61. The number of aromatic amines is 1. The lowest BCUT2D eigenvalue weighted by Gasteiger charge is -2.38. The highest BCUT2D eigenvalue weighted by Gasteiger charge is 2.76. The molecule has 0 unspecified atom stereocenters. The summed E-state index contributed by atoms with van der Waals surface area (Å²) in [7, 11) is 0.